The van der Waals surface area contributed by atoms with Crippen molar-refractivity contribution in [2.24, 2.45) is 0 Å². The van der Waals surface area contributed by atoms with Crippen LogP contribution < -0.4 is 5.32 Å². The fourth-order valence-corrected chi connectivity index (χ4v) is 2.58. The first kappa shape index (κ1) is 17.7. The minimum absolute atomic E-state index is 0.200. The molecule has 1 amide bonds. The summed E-state index contributed by atoms with van der Waals surface area (Å²) < 4.78 is 5.29. The van der Waals surface area contributed by atoms with Gasteiger partial charge in [-0.15, -0.1) is 0 Å². The number of aryl methyl sites for hydroxylation is 1. The third-order valence-electron chi connectivity index (χ3n) is 3.78. The van der Waals surface area contributed by atoms with Crippen LogP contribution in [0.3, 0.4) is 0 Å². The lowest BCUT2D eigenvalue weighted by atomic mass is 10.1. The monoisotopic (exact) mass is 318 g/mol. The molecule has 1 unspecified atom stereocenters. The molecule has 1 aliphatic rings. The van der Waals surface area contributed by atoms with Gasteiger partial charge in [0.05, 0.1) is 18.8 Å². The second-order valence-corrected chi connectivity index (χ2v) is 6.35. The van der Waals surface area contributed by atoms with Crippen molar-refractivity contribution in [1.29, 1.82) is 0 Å². The van der Waals surface area contributed by atoms with Crippen molar-refractivity contribution in [2.45, 2.75) is 19.4 Å². The molecule has 1 fully saturated rings. The number of nitrogens with one attached hydrogen (secondary N) is 1. The van der Waals surface area contributed by atoms with Crippen LogP contribution >= 0.6 is 0 Å². The highest BCUT2D eigenvalue weighted by molar-refractivity contribution is 5.91. The number of rotatable bonds is 6. The normalized spacial score (nSPS) is 18.7. The number of carbonyl (C=O) groups excluding carboxylic acids is 1. The van der Waals surface area contributed by atoms with Crippen molar-refractivity contribution in [2.75, 3.05) is 39.4 Å². The van der Waals surface area contributed by atoms with Crippen molar-refractivity contribution >= 4 is 12.0 Å². The standard InChI is InChI=1S/C18H26N2O3/c1-15-4-3-5-16(12-15)6-7-17(21)19-13-18(2,22)14-20-8-10-23-11-9-20/h3-7,12,22H,8-11,13-14H2,1-2H3,(H,19,21). The molecule has 0 bridgehead atoms. The second-order valence-electron chi connectivity index (χ2n) is 6.35. The van der Waals surface area contributed by atoms with Crippen molar-refractivity contribution in [3.63, 3.8) is 0 Å². The third kappa shape index (κ3) is 6.52. The van der Waals surface area contributed by atoms with E-state index in [1.807, 2.05) is 31.2 Å². The largest absolute Gasteiger partial charge is 0.387 e. The summed E-state index contributed by atoms with van der Waals surface area (Å²) in [5.74, 6) is -0.200. The highest BCUT2D eigenvalue weighted by Crippen LogP contribution is 2.08. The van der Waals surface area contributed by atoms with E-state index < -0.39 is 5.60 Å². The number of β-amino-alcohol motifs (C(OH)–C–C–N with tert-alkyl or cyclic N) is 1. The Balaban J connectivity index is 1.78. The van der Waals surface area contributed by atoms with E-state index in [9.17, 15) is 9.90 Å². The van der Waals surface area contributed by atoms with Gasteiger partial charge in [-0.25, -0.2) is 0 Å². The molecule has 126 valence electrons. The summed E-state index contributed by atoms with van der Waals surface area (Å²) in [6, 6.07) is 7.93. The number of morpholine rings is 1. The van der Waals surface area contributed by atoms with Gasteiger partial charge in [0.15, 0.2) is 0 Å². The Hall–Kier alpha value is -1.69. The van der Waals surface area contributed by atoms with Gasteiger partial charge in [0.1, 0.15) is 0 Å². The molecule has 23 heavy (non-hydrogen) atoms. The quantitative estimate of drug-likeness (QED) is 0.774. The predicted molar refractivity (Wildman–Crippen MR) is 91.1 cm³/mol. The Bertz CT molecular complexity index is 549. The molecule has 1 aromatic rings. The van der Waals surface area contributed by atoms with Crippen molar-refractivity contribution in [1.82, 2.24) is 10.2 Å². The summed E-state index contributed by atoms with van der Waals surface area (Å²) in [7, 11) is 0. The summed E-state index contributed by atoms with van der Waals surface area (Å²) in [6.45, 7) is 7.53. The first-order valence-electron chi connectivity index (χ1n) is 8.00. The smallest absolute Gasteiger partial charge is 0.244 e. The van der Waals surface area contributed by atoms with Gasteiger partial charge in [0.2, 0.25) is 5.91 Å². The van der Waals surface area contributed by atoms with Gasteiger partial charge in [0.25, 0.3) is 0 Å². The highest BCUT2D eigenvalue weighted by atomic mass is 16.5. The van der Waals surface area contributed by atoms with Gasteiger partial charge in [-0.2, -0.15) is 0 Å². The minimum Gasteiger partial charge on any atom is -0.387 e. The Kier molecular flexibility index (Phi) is 6.33. The summed E-state index contributed by atoms with van der Waals surface area (Å²) >= 11 is 0. The average molecular weight is 318 g/mol. The van der Waals surface area contributed by atoms with Crippen molar-refractivity contribution in [3.8, 4) is 0 Å². The maximum atomic E-state index is 11.9. The van der Waals surface area contributed by atoms with Crippen molar-refractivity contribution in [3.05, 3.63) is 41.5 Å². The molecule has 0 aliphatic carbocycles. The Labute approximate surface area is 137 Å². The first-order chi connectivity index (χ1) is 10.9. The maximum Gasteiger partial charge on any atom is 0.244 e. The SMILES string of the molecule is Cc1cccc(C=CC(=O)NCC(C)(O)CN2CCOCC2)c1. The van der Waals surface area contributed by atoms with Crippen LogP contribution in [0.4, 0.5) is 0 Å². The number of ether oxygens (including phenoxy) is 1. The van der Waals surface area contributed by atoms with Crippen LogP contribution in [-0.4, -0.2) is 60.9 Å². The molecule has 0 saturated carbocycles. The van der Waals surface area contributed by atoms with Crippen LogP contribution in [0.5, 0.6) is 0 Å². The molecule has 2 rings (SSSR count). The number of hydrogen-bond acceptors (Lipinski definition) is 4. The Morgan fingerprint density at radius 3 is 2.87 bits per heavy atom. The molecule has 2 N–H and O–H groups in total. The molecule has 1 aromatic carbocycles. The first-order valence-corrected chi connectivity index (χ1v) is 8.00. The average Bonchev–Trinajstić information content (AvgIpc) is 2.52. The zero-order valence-corrected chi connectivity index (χ0v) is 13.9. The lowest BCUT2D eigenvalue weighted by Gasteiger charge is -2.33. The molecule has 1 saturated heterocycles. The van der Waals surface area contributed by atoms with Gasteiger partial charge in [-0.1, -0.05) is 29.8 Å². The minimum atomic E-state index is -0.954. The zero-order chi connectivity index (χ0) is 16.7. The number of hydrogen-bond donors (Lipinski definition) is 2. The number of amides is 1. The molecular formula is C18H26N2O3. The molecule has 1 heterocycles. The highest BCUT2D eigenvalue weighted by Gasteiger charge is 2.25. The van der Waals surface area contributed by atoms with Gasteiger partial charge in [-0.3, -0.25) is 9.69 Å². The van der Waals surface area contributed by atoms with Crippen LogP contribution in [0, 0.1) is 6.92 Å². The van der Waals surface area contributed by atoms with Crippen LogP contribution in [-0.2, 0) is 9.53 Å². The Morgan fingerprint density at radius 1 is 1.43 bits per heavy atom. The van der Waals surface area contributed by atoms with E-state index in [-0.39, 0.29) is 12.5 Å². The van der Waals surface area contributed by atoms with Gasteiger partial charge < -0.3 is 15.2 Å². The van der Waals surface area contributed by atoms with Gasteiger partial charge in [-0.05, 0) is 25.5 Å². The Morgan fingerprint density at radius 2 is 2.17 bits per heavy atom. The van der Waals surface area contributed by atoms with E-state index in [1.54, 1.807) is 13.0 Å². The van der Waals surface area contributed by atoms with E-state index in [4.69, 9.17) is 4.74 Å². The number of benzene rings is 1. The topological polar surface area (TPSA) is 61.8 Å². The molecule has 1 aliphatic heterocycles. The summed E-state index contributed by atoms with van der Waals surface area (Å²) in [4.78, 5) is 14.0. The predicted octanol–water partition coefficient (Wildman–Crippen LogP) is 1.21. The molecule has 5 nitrogen and oxygen atoms in total. The van der Waals surface area contributed by atoms with E-state index in [2.05, 4.69) is 10.2 Å². The lowest BCUT2D eigenvalue weighted by molar-refractivity contribution is -0.117. The second kappa shape index (κ2) is 8.24. The number of carbonyl (C=O) groups is 1. The summed E-state index contributed by atoms with van der Waals surface area (Å²) in [5, 5.41) is 13.2. The number of nitrogens with zero attached hydrogens (tertiary/aromatic N) is 1. The summed E-state index contributed by atoms with van der Waals surface area (Å²) in [6.07, 6.45) is 3.28. The zero-order valence-electron chi connectivity index (χ0n) is 13.9. The molecule has 5 heteroatoms. The van der Waals surface area contributed by atoms with Crippen LogP contribution in [0.2, 0.25) is 0 Å². The van der Waals surface area contributed by atoms with Gasteiger partial charge in [0, 0.05) is 32.3 Å². The fraction of sp³-hybridized carbons (Fsp3) is 0.500. The molecule has 1 atom stereocenters. The maximum absolute atomic E-state index is 11.9. The van der Waals surface area contributed by atoms with Gasteiger partial charge >= 0.3 is 0 Å². The molecular weight excluding hydrogens is 292 g/mol. The van der Waals surface area contributed by atoms with E-state index in [0.29, 0.717) is 19.8 Å². The molecule has 0 spiro atoms. The lowest BCUT2D eigenvalue weighted by Crippen LogP contribution is -2.51. The van der Waals surface area contributed by atoms with E-state index in [1.165, 1.54) is 6.08 Å². The van der Waals surface area contributed by atoms with Crippen LogP contribution in [0.25, 0.3) is 6.08 Å². The van der Waals surface area contributed by atoms with Crippen LogP contribution in [0.1, 0.15) is 18.1 Å². The number of aliphatic hydroxyl groups is 1. The van der Waals surface area contributed by atoms with E-state index in [0.717, 1.165) is 24.2 Å². The fourth-order valence-electron chi connectivity index (χ4n) is 2.58. The van der Waals surface area contributed by atoms with E-state index >= 15 is 0 Å². The van der Waals surface area contributed by atoms with Crippen LogP contribution in [0.15, 0.2) is 30.3 Å². The summed E-state index contributed by atoms with van der Waals surface area (Å²) in [5.41, 5.74) is 1.19. The van der Waals surface area contributed by atoms with Crippen molar-refractivity contribution < 1.29 is 14.6 Å². The molecule has 0 aromatic heterocycles. The molecule has 0 radical (unpaired) electrons. The third-order valence-corrected chi connectivity index (χ3v) is 3.78.